The zero-order chi connectivity index (χ0) is 19.2. The second-order valence-electron chi connectivity index (χ2n) is 7.53. The molecule has 0 spiro atoms. The Hall–Kier alpha value is -2.43. The number of likely N-dealkylation sites (tertiary alicyclic amines) is 1. The summed E-state index contributed by atoms with van der Waals surface area (Å²) in [5.41, 5.74) is 4.43. The van der Waals surface area contributed by atoms with Crippen molar-refractivity contribution in [1.82, 2.24) is 10.2 Å². The zero-order valence-electron chi connectivity index (χ0n) is 16.0. The summed E-state index contributed by atoms with van der Waals surface area (Å²) in [7, 11) is 0. The van der Waals surface area contributed by atoms with Crippen LogP contribution in [0.3, 0.4) is 0 Å². The predicted octanol–water partition coefficient (Wildman–Crippen LogP) is 5.06. The smallest absolute Gasteiger partial charge is 0.251 e. The van der Waals surface area contributed by atoms with Gasteiger partial charge in [0.2, 0.25) is 0 Å². The van der Waals surface area contributed by atoms with E-state index < -0.39 is 0 Å². The number of benzene rings is 2. The van der Waals surface area contributed by atoms with E-state index in [0.29, 0.717) is 5.92 Å². The quantitative estimate of drug-likeness (QED) is 0.638. The van der Waals surface area contributed by atoms with Crippen LogP contribution in [0.25, 0.3) is 11.1 Å². The fraction of sp³-hybridized carbons (Fsp3) is 0.292. The largest absolute Gasteiger partial charge is 0.352 e. The summed E-state index contributed by atoms with van der Waals surface area (Å²) in [5.74, 6) is 0.550. The Balaban J connectivity index is 1.29. The summed E-state index contributed by atoms with van der Waals surface area (Å²) in [6, 6.07) is 20.3. The molecule has 0 radical (unpaired) electrons. The molecule has 0 unspecified atom stereocenters. The van der Waals surface area contributed by atoms with Crippen molar-refractivity contribution in [3.63, 3.8) is 0 Å². The maximum atomic E-state index is 12.5. The first kappa shape index (κ1) is 18.9. The standard InChI is InChI=1S/C24H26N2OS/c27-24(23-10-8-22(9-11-23)21-6-2-1-3-7-21)25-15-19-5-4-13-26(16-19)17-20-12-14-28-18-20/h1-3,6-12,14,18-19H,4-5,13,15-17H2,(H,25,27)/t19-/m0/s1. The topological polar surface area (TPSA) is 32.3 Å². The molecule has 4 heteroatoms. The summed E-state index contributed by atoms with van der Waals surface area (Å²) >= 11 is 1.76. The molecule has 1 amide bonds. The first-order chi connectivity index (χ1) is 13.8. The molecule has 144 valence electrons. The summed E-state index contributed by atoms with van der Waals surface area (Å²) in [5, 5.41) is 7.51. The van der Waals surface area contributed by atoms with Crippen LogP contribution in [-0.4, -0.2) is 30.4 Å². The number of rotatable bonds is 6. The van der Waals surface area contributed by atoms with Crippen molar-refractivity contribution in [2.24, 2.45) is 5.92 Å². The van der Waals surface area contributed by atoms with Gasteiger partial charge in [0.05, 0.1) is 0 Å². The van der Waals surface area contributed by atoms with Crippen LogP contribution in [0.4, 0.5) is 0 Å². The first-order valence-electron chi connectivity index (χ1n) is 9.95. The Morgan fingerprint density at radius 1 is 1.04 bits per heavy atom. The molecule has 1 atom stereocenters. The normalized spacial score (nSPS) is 17.4. The van der Waals surface area contributed by atoms with Gasteiger partial charge in [0, 0.05) is 25.2 Å². The van der Waals surface area contributed by atoms with E-state index in [1.165, 1.54) is 24.0 Å². The Kier molecular flexibility index (Phi) is 6.20. The van der Waals surface area contributed by atoms with Gasteiger partial charge in [0.1, 0.15) is 0 Å². The Bertz CT molecular complexity index is 875. The Labute approximate surface area is 171 Å². The molecule has 1 N–H and O–H groups in total. The van der Waals surface area contributed by atoms with Gasteiger partial charge in [-0.15, -0.1) is 0 Å². The van der Waals surface area contributed by atoms with Crippen molar-refractivity contribution in [2.75, 3.05) is 19.6 Å². The van der Waals surface area contributed by atoms with E-state index in [9.17, 15) is 4.79 Å². The summed E-state index contributed by atoms with van der Waals surface area (Å²) in [6.45, 7) is 3.98. The van der Waals surface area contributed by atoms with E-state index in [1.54, 1.807) is 11.3 Å². The van der Waals surface area contributed by atoms with Crippen LogP contribution in [0.1, 0.15) is 28.8 Å². The molecule has 3 aromatic rings. The van der Waals surface area contributed by atoms with Crippen molar-refractivity contribution in [2.45, 2.75) is 19.4 Å². The van der Waals surface area contributed by atoms with Gasteiger partial charge in [0.15, 0.2) is 0 Å². The SMILES string of the molecule is O=C(NC[C@@H]1CCCN(Cc2ccsc2)C1)c1ccc(-c2ccccc2)cc1. The number of nitrogens with zero attached hydrogens (tertiary/aromatic N) is 1. The van der Waals surface area contributed by atoms with Crippen LogP contribution in [-0.2, 0) is 6.54 Å². The van der Waals surface area contributed by atoms with Crippen molar-refractivity contribution in [3.05, 3.63) is 82.6 Å². The van der Waals surface area contributed by atoms with E-state index in [1.807, 2.05) is 42.5 Å². The predicted molar refractivity (Wildman–Crippen MR) is 117 cm³/mol. The van der Waals surface area contributed by atoms with E-state index in [0.717, 1.165) is 37.3 Å². The lowest BCUT2D eigenvalue weighted by atomic mass is 9.97. The van der Waals surface area contributed by atoms with Crippen molar-refractivity contribution < 1.29 is 4.79 Å². The minimum atomic E-state index is 0.0227. The van der Waals surface area contributed by atoms with Crippen LogP contribution in [0.2, 0.25) is 0 Å². The van der Waals surface area contributed by atoms with Gasteiger partial charge in [-0.25, -0.2) is 0 Å². The van der Waals surface area contributed by atoms with Gasteiger partial charge in [-0.05, 0) is 71.0 Å². The third kappa shape index (κ3) is 4.89. The van der Waals surface area contributed by atoms with Crippen LogP contribution < -0.4 is 5.32 Å². The number of hydrogen-bond donors (Lipinski definition) is 1. The molecular weight excluding hydrogens is 364 g/mol. The maximum absolute atomic E-state index is 12.5. The molecule has 4 rings (SSSR count). The molecule has 2 aromatic carbocycles. The van der Waals surface area contributed by atoms with Crippen molar-refractivity contribution >= 4 is 17.2 Å². The molecule has 1 aliphatic heterocycles. The number of carbonyl (C=O) groups excluding carboxylic acids is 1. The highest BCUT2D eigenvalue weighted by Crippen LogP contribution is 2.21. The minimum Gasteiger partial charge on any atom is -0.352 e. The van der Waals surface area contributed by atoms with Gasteiger partial charge < -0.3 is 5.32 Å². The number of piperidine rings is 1. The zero-order valence-corrected chi connectivity index (χ0v) is 16.8. The highest BCUT2D eigenvalue weighted by atomic mass is 32.1. The molecule has 2 heterocycles. The van der Waals surface area contributed by atoms with Gasteiger partial charge in [-0.2, -0.15) is 11.3 Å². The molecule has 0 bridgehead atoms. The average Bonchev–Trinajstić information content (AvgIpc) is 3.26. The molecule has 28 heavy (non-hydrogen) atoms. The van der Waals surface area contributed by atoms with E-state index in [4.69, 9.17) is 0 Å². The summed E-state index contributed by atoms with van der Waals surface area (Å²) in [6.07, 6.45) is 2.39. The van der Waals surface area contributed by atoms with Crippen LogP contribution in [0, 0.1) is 5.92 Å². The molecule has 3 nitrogen and oxygen atoms in total. The van der Waals surface area contributed by atoms with Gasteiger partial charge in [-0.3, -0.25) is 9.69 Å². The Morgan fingerprint density at radius 3 is 2.57 bits per heavy atom. The maximum Gasteiger partial charge on any atom is 0.251 e. The summed E-state index contributed by atoms with van der Waals surface area (Å²) in [4.78, 5) is 15.1. The molecule has 1 fully saturated rings. The number of hydrogen-bond acceptors (Lipinski definition) is 3. The summed E-state index contributed by atoms with van der Waals surface area (Å²) < 4.78 is 0. The van der Waals surface area contributed by atoms with Gasteiger partial charge in [0.25, 0.3) is 5.91 Å². The van der Waals surface area contributed by atoms with Crippen LogP contribution in [0.5, 0.6) is 0 Å². The molecule has 1 aromatic heterocycles. The third-order valence-corrected chi connectivity index (χ3v) is 6.13. The lowest BCUT2D eigenvalue weighted by Gasteiger charge is -2.32. The monoisotopic (exact) mass is 390 g/mol. The number of nitrogens with one attached hydrogen (secondary N) is 1. The molecule has 0 aliphatic carbocycles. The molecular formula is C24H26N2OS. The fourth-order valence-electron chi connectivity index (χ4n) is 3.89. The van der Waals surface area contributed by atoms with E-state index in [-0.39, 0.29) is 5.91 Å². The van der Waals surface area contributed by atoms with Crippen molar-refractivity contribution in [3.8, 4) is 11.1 Å². The fourth-order valence-corrected chi connectivity index (χ4v) is 4.55. The number of thiophene rings is 1. The minimum absolute atomic E-state index is 0.0227. The second kappa shape index (κ2) is 9.18. The van der Waals surface area contributed by atoms with Crippen LogP contribution >= 0.6 is 11.3 Å². The molecule has 0 saturated carbocycles. The average molecular weight is 391 g/mol. The second-order valence-corrected chi connectivity index (χ2v) is 8.31. The lowest BCUT2D eigenvalue weighted by Crippen LogP contribution is -2.40. The van der Waals surface area contributed by atoms with E-state index >= 15 is 0 Å². The van der Waals surface area contributed by atoms with Crippen LogP contribution in [0.15, 0.2) is 71.4 Å². The number of amides is 1. The molecule has 1 saturated heterocycles. The third-order valence-electron chi connectivity index (χ3n) is 5.39. The molecule has 1 aliphatic rings. The lowest BCUT2D eigenvalue weighted by molar-refractivity contribution is 0.0930. The van der Waals surface area contributed by atoms with E-state index in [2.05, 4.69) is 39.2 Å². The van der Waals surface area contributed by atoms with Crippen molar-refractivity contribution in [1.29, 1.82) is 0 Å². The van der Waals surface area contributed by atoms with Gasteiger partial charge in [-0.1, -0.05) is 42.5 Å². The first-order valence-corrected chi connectivity index (χ1v) is 10.9. The Morgan fingerprint density at radius 2 is 1.82 bits per heavy atom. The van der Waals surface area contributed by atoms with Gasteiger partial charge >= 0.3 is 0 Å². The highest BCUT2D eigenvalue weighted by molar-refractivity contribution is 7.07. The number of carbonyl (C=O) groups is 1. The highest BCUT2D eigenvalue weighted by Gasteiger charge is 2.20.